The molecule has 19 heavy (non-hydrogen) atoms. The van der Waals surface area contributed by atoms with Crippen LogP contribution in [0.2, 0.25) is 5.02 Å². The summed E-state index contributed by atoms with van der Waals surface area (Å²) in [5.41, 5.74) is 1.28. The van der Waals surface area contributed by atoms with Crippen molar-refractivity contribution in [3.63, 3.8) is 0 Å². The van der Waals surface area contributed by atoms with E-state index in [-0.39, 0.29) is 11.0 Å². The number of hydrogen-bond acceptors (Lipinski definition) is 1. The number of ether oxygens (including phenoxy) is 1. The molecule has 0 aliphatic carbocycles. The molecule has 0 aliphatic rings. The van der Waals surface area contributed by atoms with Crippen molar-refractivity contribution in [3.8, 4) is 0 Å². The number of methoxy groups -OCH3 is 1. The van der Waals surface area contributed by atoms with Crippen molar-refractivity contribution in [1.82, 2.24) is 0 Å². The normalized spacial score (nSPS) is 12.7. The number of hydrogen-bond donors (Lipinski definition) is 0. The minimum atomic E-state index is -0.0952. The van der Waals surface area contributed by atoms with Gasteiger partial charge in [0.15, 0.2) is 0 Å². The van der Waals surface area contributed by atoms with Crippen molar-refractivity contribution >= 4 is 43.5 Å². The Bertz CT molecular complexity index is 386. The first kappa shape index (κ1) is 17.5. The predicted molar refractivity (Wildman–Crippen MR) is 91.0 cm³/mol. The Hall–Kier alpha value is 0.430. The number of rotatable bonds is 7. The zero-order valence-electron chi connectivity index (χ0n) is 11.7. The number of benzene rings is 1. The Labute approximate surface area is 138 Å². The van der Waals surface area contributed by atoms with Gasteiger partial charge in [-0.05, 0) is 44.4 Å². The van der Waals surface area contributed by atoms with Crippen LogP contribution in [0.5, 0.6) is 0 Å². The maximum atomic E-state index is 5.98. The summed E-state index contributed by atoms with van der Waals surface area (Å²) < 4.78 is 5.53. The highest BCUT2D eigenvalue weighted by Crippen LogP contribution is 2.36. The summed E-state index contributed by atoms with van der Waals surface area (Å²) in [6, 6.07) is 8.14. The SMILES string of the molecule is COC(C)(C)CCC(CBr)(CBr)c1ccc(Cl)cc1. The van der Waals surface area contributed by atoms with Crippen molar-refractivity contribution in [3.05, 3.63) is 34.9 Å². The highest BCUT2D eigenvalue weighted by atomic mass is 79.9. The Morgan fingerprint density at radius 2 is 1.58 bits per heavy atom. The van der Waals surface area contributed by atoms with Crippen LogP contribution in [-0.2, 0) is 10.2 Å². The van der Waals surface area contributed by atoms with Gasteiger partial charge < -0.3 is 4.74 Å². The maximum Gasteiger partial charge on any atom is 0.0623 e. The molecule has 108 valence electrons. The van der Waals surface area contributed by atoms with Crippen LogP contribution < -0.4 is 0 Å². The third-order valence-electron chi connectivity index (χ3n) is 3.73. The van der Waals surface area contributed by atoms with Gasteiger partial charge in [-0.3, -0.25) is 0 Å². The summed E-state index contributed by atoms with van der Waals surface area (Å²) in [5, 5.41) is 2.60. The second-order valence-corrected chi connectivity index (χ2v) is 7.08. The van der Waals surface area contributed by atoms with Gasteiger partial charge in [-0.25, -0.2) is 0 Å². The van der Waals surface area contributed by atoms with Crippen molar-refractivity contribution in [2.45, 2.75) is 37.7 Å². The van der Waals surface area contributed by atoms with Crippen molar-refractivity contribution < 1.29 is 4.74 Å². The van der Waals surface area contributed by atoms with Crippen LogP contribution in [0.25, 0.3) is 0 Å². The van der Waals surface area contributed by atoms with E-state index < -0.39 is 0 Å². The maximum absolute atomic E-state index is 5.98. The fourth-order valence-electron chi connectivity index (χ4n) is 1.91. The van der Waals surface area contributed by atoms with Gasteiger partial charge >= 0.3 is 0 Å². The van der Waals surface area contributed by atoms with E-state index in [2.05, 4.69) is 57.8 Å². The van der Waals surface area contributed by atoms with Gasteiger partial charge in [0, 0.05) is 28.2 Å². The first-order chi connectivity index (χ1) is 8.89. The van der Waals surface area contributed by atoms with Crippen LogP contribution in [0.3, 0.4) is 0 Å². The summed E-state index contributed by atoms with van der Waals surface area (Å²) in [4.78, 5) is 0. The van der Waals surface area contributed by atoms with E-state index in [4.69, 9.17) is 16.3 Å². The molecule has 1 nitrogen and oxygen atoms in total. The molecule has 0 aromatic heterocycles. The van der Waals surface area contributed by atoms with E-state index in [1.54, 1.807) is 7.11 Å². The highest BCUT2D eigenvalue weighted by molar-refractivity contribution is 9.09. The molecule has 0 heterocycles. The topological polar surface area (TPSA) is 9.23 Å². The highest BCUT2D eigenvalue weighted by Gasteiger charge is 2.32. The molecule has 1 aromatic carbocycles. The summed E-state index contributed by atoms with van der Waals surface area (Å²) in [6.45, 7) is 4.25. The second kappa shape index (κ2) is 7.44. The molecule has 1 aromatic rings. The molecular formula is C15H21Br2ClO. The first-order valence-corrected chi connectivity index (χ1v) is 8.94. The Balaban J connectivity index is 2.94. The fourth-order valence-corrected chi connectivity index (χ4v) is 4.18. The third-order valence-corrected chi connectivity index (χ3v) is 6.13. The average molecular weight is 413 g/mol. The minimum absolute atomic E-state index is 0.0698. The van der Waals surface area contributed by atoms with Gasteiger partial charge in [-0.1, -0.05) is 55.6 Å². The molecule has 0 unspecified atom stereocenters. The summed E-state index contributed by atoms with van der Waals surface area (Å²) in [7, 11) is 1.77. The lowest BCUT2D eigenvalue weighted by atomic mass is 9.78. The fraction of sp³-hybridized carbons (Fsp3) is 0.600. The van der Waals surface area contributed by atoms with Gasteiger partial charge in [0.2, 0.25) is 0 Å². The molecular weight excluding hydrogens is 391 g/mol. The lowest BCUT2D eigenvalue weighted by Crippen LogP contribution is -2.34. The van der Waals surface area contributed by atoms with Gasteiger partial charge in [0.1, 0.15) is 0 Å². The predicted octanol–water partition coefficient (Wildman–Crippen LogP) is 5.57. The summed E-state index contributed by atoms with van der Waals surface area (Å²) in [6.07, 6.45) is 2.05. The van der Waals surface area contributed by atoms with Crippen molar-refractivity contribution in [2.75, 3.05) is 17.8 Å². The van der Waals surface area contributed by atoms with Gasteiger partial charge in [0.25, 0.3) is 0 Å². The third kappa shape index (κ3) is 4.73. The molecule has 0 amide bonds. The Kier molecular flexibility index (Phi) is 6.85. The zero-order valence-corrected chi connectivity index (χ0v) is 15.6. The molecule has 0 aliphatic heterocycles. The summed E-state index contributed by atoms with van der Waals surface area (Å²) >= 11 is 13.3. The standard InChI is InChI=1S/C15H21Br2ClO/c1-14(2,19-3)8-9-15(10-16,11-17)12-4-6-13(18)7-5-12/h4-7H,8-11H2,1-3H3. The molecule has 0 saturated carbocycles. The van der Waals surface area contributed by atoms with Gasteiger partial charge in [-0.15, -0.1) is 0 Å². The molecule has 4 heteroatoms. The average Bonchev–Trinajstić information content (AvgIpc) is 2.42. The van der Waals surface area contributed by atoms with Crippen molar-refractivity contribution in [2.24, 2.45) is 0 Å². The van der Waals surface area contributed by atoms with E-state index in [1.807, 2.05) is 12.1 Å². The van der Waals surface area contributed by atoms with Crippen LogP contribution in [-0.4, -0.2) is 23.4 Å². The lowest BCUT2D eigenvalue weighted by Gasteiger charge is -2.34. The van der Waals surface area contributed by atoms with E-state index in [0.717, 1.165) is 28.5 Å². The minimum Gasteiger partial charge on any atom is -0.379 e. The van der Waals surface area contributed by atoms with E-state index in [1.165, 1.54) is 5.56 Å². The molecule has 0 atom stereocenters. The van der Waals surface area contributed by atoms with Crippen LogP contribution in [0, 0.1) is 0 Å². The zero-order chi connectivity index (χ0) is 14.5. The second-order valence-electron chi connectivity index (χ2n) is 5.52. The van der Waals surface area contributed by atoms with E-state index >= 15 is 0 Å². The van der Waals surface area contributed by atoms with Gasteiger partial charge in [0.05, 0.1) is 5.60 Å². The molecule has 0 N–H and O–H groups in total. The molecule has 1 rings (SSSR count). The quantitative estimate of drug-likeness (QED) is 0.532. The lowest BCUT2D eigenvalue weighted by molar-refractivity contribution is 0.0102. The van der Waals surface area contributed by atoms with Crippen molar-refractivity contribution in [1.29, 1.82) is 0 Å². The van der Waals surface area contributed by atoms with Crippen LogP contribution in [0.1, 0.15) is 32.3 Å². The van der Waals surface area contributed by atoms with Crippen LogP contribution in [0.4, 0.5) is 0 Å². The monoisotopic (exact) mass is 410 g/mol. The Morgan fingerprint density at radius 3 is 2.00 bits per heavy atom. The molecule has 0 saturated heterocycles. The molecule has 0 spiro atoms. The molecule has 0 bridgehead atoms. The van der Waals surface area contributed by atoms with Crippen LogP contribution >= 0.6 is 43.5 Å². The molecule has 0 radical (unpaired) electrons. The number of alkyl halides is 2. The number of halogens is 3. The van der Waals surface area contributed by atoms with Gasteiger partial charge in [-0.2, -0.15) is 0 Å². The summed E-state index contributed by atoms with van der Waals surface area (Å²) in [5.74, 6) is 0. The van der Waals surface area contributed by atoms with E-state index in [0.29, 0.717) is 0 Å². The van der Waals surface area contributed by atoms with Crippen LogP contribution in [0.15, 0.2) is 24.3 Å². The Morgan fingerprint density at radius 1 is 1.05 bits per heavy atom. The smallest absolute Gasteiger partial charge is 0.0623 e. The molecule has 0 fully saturated rings. The van der Waals surface area contributed by atoms with E-state index in [9.17, 15) is 0 Å². The first-order valence-electron chi connectivity index (χ1n) is 6.32. The largest absolute Gasteiger partial charge is 0.379 e.